The van der Waals surface area contributed by atoms with Gasteiger partial charge >= 0.3 is 0 Å². The number of carbonyl (C=O) groups is 1. The Morgan fingerprint density at radius 1 is 1.05 bits per heavy atom. The second-order valence-electron chi connectivity index (χ2n) is 4.58. The molecular weight excluding hydrogens is 268 g/mol. The Hall–Kier alpha value is -2.59. The van der Waals surface area contributed by atoms with E-state index < -0.39 is 6.29 Å². The van der Waals surface area contributed by atoms with Crippen LogP contribution in [0, 0.1) is 0 Å². The Morgan fingerprint density at radius 3 is 1.95 bits per heavy atom. The highest BCUT2D eigenvalue weighted by molar-refractivity contribution is 5.65. The molecule has 0 aromatic heterocycles. The molecule has 2 aromatic carbocycles. The Balaban J connectivity index is 2.11. The molecule has 0 amide bonds. The van der Waals surface area contributed by atoms with Gasteiger partial charge in [0.2, 0.25) is 6.29 Å². The lowest BCUT2D eigenvalue weighted by Crippen LogP contribution is -2.15. The van der Waals surface area contributed by atoms with Gasteiger partial charge in [0.25, 0.3) is 6.47 Å². The van der Waals surface area contributed by atoms with Crippen LogP contribution in [0.25, 0.3) is 11.1 Å². The summed E-state index contributed by atoms with van der Waals surface area (Å²) in [5, 5.41) is 9.58. The largest absolute Gasteiger partial charge is 0.461 e. The van der Waals surface area contributed by atoms with E-state index in [2.05, 4.69) is 6.58 Å². The fraction of sp³-hybridized carbons (Fsp3) is 0.118. The van der Waals surface area contributed by atoms with Crippen molar-refractivity contribution >= 4 is 6.47 Å². The maximum Gasteiger partial charge on any atom is 0.298 e. The van der Waals surface area contributed by atoms with Crippen molar-refractivity contribution in [2.24, 2.45) is 0 Å². The van der Waals surface area contributed by atoms with Crippen LogP contribution >= 0.6 is 0 Å². The molecule has 0 bridgehead atoms. The summed E-state index contributed by atoms with van der Waals surface area (Å²) in [6.07, 6.45) is -1.00. The maximum atomic E-state index is 10.2. The van der Waals surface area contributed by atoms with E-state index in [-0.39, 0.29) is 0 Å². The topological polar surface area (TPSA) is 55.8 Å². The van der Waals surface area contributed by atoms with Crippen LogP contribution < -0.4 is 9.47 Å². The number of hydrogen-bond acceptors (Lipinski definition) is 4. The smallest absolute Gasteiger partial charge is 0.298 e. The van der Waals surface area contributed by atoms with Crippen LogP contribution in [-0.4, -0.2) is 17.9 Å². The molecule has 1 atom stereocenters. The van der Waals surface area contributed by atoms with Gasteiger partial charge in [-0.1, -0.05) is 30.8 Å². The molecule has 108 valence electrons. The Bertz CT molecular complexity index is 614. The third-order valence-corrected chi connectivity index (χ3v) is 2.90. The number of aliphatic hydroxyl groups excluding tert-OH is 1. The van der Waals surface area contributed by atoms with Crippen molar-refractivity contribution in [1.82, 2.24) is 0 Å². The summed E-state index contributed by atoms with van der Waals surface area (Å²) in [7, 11) is 0. The highest BCUT2D eigenvalue weighted by Crippen LogP contribution is 2.25. The number of hydrogen-bond donors (Lipinski definition) is 1. The predicted molar refractivity (Wildman–Crippen MR) is 80.0 cm³/mol. The lowest BCUT2D eigenvalue weighted by atomic mass is 10.1. The van der Waals surface area contributed by atoms with Gasteiger partial charge < -0.3 is 14.6 Å². The minimum atomic E-state index is -1.00. The van der Waals surface area contributed by atoms with Crippen molar-refractivity contribution < 1.29 is 19.4 Å². The minimum Gasteiger partial charge on any atom is -0.461 e. The second kappa shape index (κ2) is 6.72. The Morgan fingerprint density at radius 2 is 1.52 bits per heavy atom. The fourth-order valence-corrected chi connectivity index (χ4v) is 1.74. The van der Waals surface area contributed by atoms with Gasteiger partial charge in [0.1, 0.15) is 11.5 Å². The van der Waals surface area contributed by atoms with Crippen LogP contribution in [0.2, 0.25) is 0 Å². The summed E-state index contributed by atoms with van der Waals surface area (Å²) in [4.78, 5) is 10.2. The van der Waals surface area contributed by atoms with Crippen LogP contribution in [0.4, 0.5) is 0 Å². The fourth-order valence-electron chi connectivity index (χ4n) is 1.74. The van der Waals surface area contributed by atoms with Crippen LogP contribution in [0.5, 0.6) is 11.5 Å². The normalized spacial score (nSPS) is 11.5. The average Bonchev–Trinajstić information content (AvgIpc) is 2.49. The number of carbonyl (C=O) groups excluding carboxylic acids is 1. The predicted octanol–water partition coefficient (Wildman–Crippen LogP) is 3.16. The summed E-state index contributed by atoms with van der Waals surface area (Å²) in [5.41, 5.74) is 2.52. The van der Waals surface area contributed by atoms with Crippen LogP contribution in [-0.2, 0) is 4.79 Å². The zero-order valence-corrected chi connectivity index (χ0v) is 11.7. The van der Waals surface area contributed by atoms with E-state index in [0.717, 1.165) is 11.1 Å². The molecule has 0 heterocycles. The van der Waals surface area contributed by atoms with Crippen molar-refractivity contribution in [1.29, 1.82) is 0 Å². The molecular formula is C17H16O4. The molecule has 21 heavy (non-hydrogen) atoms. The molecule has 4 heteroatoms. The molecule has 1 N–H and O–H groups in total. The number of rotatable bonds is 6. The van der Waals surface area contributed by atoms with E-state index in [1.54, 1.807) is 31.2 Å². The van der Waals surface area contributed by atoms with E-state index in [0.29, 0.717) is 23.5 Å². The summed E-state index contributed by atoms with van der Waals surface area (Å²) >= 11 is 0. The van der Waals surface area contributed by atoms with Gasteiger partial charge in [-0.25, -0.2) is 0 Å². The SMILES string of the molecule is C=C(C)C(O)Oc1ccc(-c2ccc(OC=O)cc2)cc1. The summed E-state index contributed by atoms with van der Waals surface area (Å²) in [6, 6.07) is 14.5. The molecule has 0 saturated carbocycles. The molecule has 2 rings (SSSR count). The number of benzene rings is 2. The molecule has 0 aliphatic heterocycles. The zero-order chi connectivity index (χ0) is 15.2. The summed E-state index contributed by atoms with van der Waals surface area (Å²) < 4.78 is 10.1. The first-order valence-electron chi connectivity index (χ1n) is 6.41. The molecule has 1 unspecified atom stereocenters. The molecule has 0 spiro atoms. The maximum absolute atomic E-state index is 10.2. The monoisotopic (exact) mass is 284 g/mol. The molecule has 0 saturated heterocycles. The van der Waals surface area contributed by atoms with Crippen molar-refractivity contribution in [3.8, 4) is 22.6 Å². The van der Waals surface area contributed by atoms with Gasteiger partial charge in [-0.3, -0.25) is 4.79 Å². The third kappa shape index (κ3) is 3.94. The average molecular weight is 284 g/mol. The molecule has 0 fully saturated rings. The van der Waals surface area contributed by atoms with Crippen molar-refractivity contribution in [2.45, 2.75) is 13.2 Å². The summed E-state index contributed by atoms with van der Waals surface area (Å²) in [6.45, 7) is 5.72. The second-order valence-corrected chi connectivity index (χ2v) is 4.58. The van der Waals surface area contributed by atoms with Gasteiger partial charge in [-0.2, -0.15) is 0 Å². The van der Waals surface area contributed by atoms with Crippen LogP contribution in [0.1, 0.15) is 6.92 Å². The first kappa shape index (κ1) is 14.8. The molecule has 0 aliphatic carbocycles. The van der Waals surface area contributed by atoms with Gasteiger partial charge in [0.05, 0.1) is 0 Å². The third-order valence-electron chi connectivity index (χ3n) is 2.90. The lowest BCUT2D eigenvalue weighted by molar-refractivity contribution is -0.120. The summed E-state index contributed by atoms with van der Waals surface area (Å²) in [5.74, 6) is 1.06. The first-order chi connectivity index (χ1) is 10.1. The van der Waals surface area contributed by atoms with Gasteiger partial charge in [0.15, 0.2) is 0 Å². The Labute approximate surface area is 123 Å². The highest BCUT2D eigenvalue weighted by Gasteiger charge is 2.06. The van der Waals surface area contributed by atoms with Crippen LogP contribution in [0.15, 0.2) is 60.7 Å². The van der Waals surface area contributed by atoms with Gasteiger partial charge in [-0.05, 0) is 47.9 Å². The standard InChI is InChI=1S/C17H16O4/c1-12(2)17(19)21-16-9-5-14(6-10-16)13-3-7-15(8-4-13)20-11-18/h3-11,17,19H,1H2,2H3. The number of ether oxygens (including phenoxy) is 2. The first-order valence-corrected chi connectivity index (χ1v) is 6.41. The molecule has 0 radical (unpaired) electrons. The van der Waals surface area contributed by atoms with Gasteiger partial charge in [-0.15, -0.1) is 0 Å². The molecule has 4 nitrogen and oxygen atoms in total. The molecule has 2 aromatic rings. The van der Waals surface area contributed by atoms with Gasteiger partial charge in [0, 0.05) is 0 Å². The van der Waals surface area contributed by atoms with E-state index in [1.807, 2.05) is 24.3 Å². The van der Waals surface area contributed by atoms with Crippen molar-refractivity contribution in [3.63, 3.8) is 0 Å². The lowest BCUT2D eigenvalue weighted by Gasteiger charge is -2.13. The van der Waals surface area contributed by atoms with E-state index >= 15 is 0 Å². The van der Waals surface area contributed by atoms with Crippen molar-refractivity contribution in [3.05, 3.63) is 60.7 Å². The molecule has 0 aliphatic rings. The highest BCUT2D eigenvalue weighted by atomic mass is 16.6. The van der Waals surface area contributed by atoms with E-state index in [1.165, 1.54) is 0 Å². The number of aliphatic hydroxyl groups is 1. The van der Waals surface area contributed by atoms with E-state index in [9.17, 15) is 9.90 Å². The quantitative estimate of drug-likeness (QED) is 0.503. The van der Waals surface area contributed by atoms with E-state index in [4.69, 9.17) is 9.47 Å². The van der Waals surface area contributed by atoms with Crippen LogP contribution in [0.3, 0.4) is 0 Å². The Kier molecular flexibility index (Phi) is 4.74. The minimum absolute atomic E-state index is 0.397. The zero-order valence-electron chi connectivity index (χ0n) is 11.7. The van der Waals surface area contributed by atoms with Crippen molar-refractivity contribution in [2.75, 3.05) is 0 Å².